The van der Waals surface area contributed by atoms with Crippen molar-refractivity contribution in [2.75, 3.05) is 12.9 Å². The molecule has 0 saturated heterocycles. The predicted octanol–water partition coefficient (Wildman–Crippen LogP) is 6.99. The molecule has 0 N–H and O–H groups in total. The van der Waals surface area contributed by atoms with Crippen LogP contribution in [-0.2, 0) is 0 Å². The quantitative estimate of drug-likeness (QED) is 0.350. The summed E-state index contributed by atoms with van der Waals surface area (Å²) in [4.78, 5) is 1.45. The van der Waals surface area contributed by atoms with Crippen LogP contribution in [0.15, 0.2) is 59.5 Å². The Bertz CT molecular complexity index is 1140. The predicted molar refractivity (Wildman–Crippen MR) is 120 cm³/mol. The molecule has 2 aliphatic rings. The molecule has 5 rings (SSSR count). The van der Waals surface area contributed by atoms with Gasteiger partial charge in [-0.3, -0.25) is 0 Å². The second kappa shape index (κ2) is 6.56. The summed E-state index contributed by atoms with van der Waals surface area (Å²) in [6.45, 7) is 6.87. The van der Waals surface area contributed by atoms with E-state index in [2.05, 4.69) is 75.4 Å². The highest BCUT2D eigenvalue weighted by Gasteiger charge is 2.32. The number of rotatable bonds is 1. The normalized spacial score (nSPS) is 19.8. The molecule has 1 aliphatic heterocycles. The van der Waals surface area contributed by atoms with Crippen LogP contribution in [-0.4, -0.2) is 12.9 Å². The van der Waals surface area contributed by atoms with E-state index in [1.54, 1.807) is 7.11 Å². The lowest BCUT2D eigenvalue weighted by Crippen LogP contribution is -2.13. The van der Waals surface area contributed by atoms with Gasteiger partial charge in [0.25, 0.3) is 0 Å². The van der Waals surface area contributed by atoms with E-state index >= 15 is 0 Å². The summed E-state index contributed by atoms with van der Waals surface area (Å²) in [5.41, 5.74) is 12.4. The lowest BCUT2D eigenvalue weighted by atomic mass is 9.83. The van der Waals surface area contributed by atoms with E-state index in [1.807, 2.05) is 11.8 Å². The number of thioether (sulfide) groups is 1. The summed E-state index contributed by atoms with van der Waals surface area (Å²) in [6.07, 6.45) is 0. The van der Waals surface area contributed by atoms with Crippen molar-refractivity contribution in [2.24, 2.45) is 5.92 Å². The second-order valence-corrected chi connectivity index (χ2v) is 8.89. The van der Waals surface area contributed by atoms with E-state index < -0.39 is 0 Å². The van der Waals surface area contributed by atoms with Crippen molar-refractivity contribution >= 4 is 22.9 Å². The Kier molecular flexibility index (Phi) is 4.13. The summed E-state index contributed by atoms with van der Waals surface area (Å²) < 4.78 is 5.59. The lowest BCUT2D eigenvalue weighted by molar-refractivity contribution is 0.415. The average Bonchev–Trinajstić information content (AvgIpc) is 3.04. The van der Waals surface area contributed by atoms with Gasteiger partial charge >= 0.3 is 0 Å². The highest BCUT2D eigenvalue weighted by molar-refractivity contribution is 7.99. The number of hydrogen-bond donors (Lipinski definition) is 0. The summed E-state index contributed by atoms with van der Waals surface area (Å²) in [5.74, 6) is 2.54. The van der Waals surface area contributed by atoms with Crippen molar-refractivity contribution in [1.29, 1.82) is 0 Å². The number of ether oxygens (including phenoxy) is 1. The Morgan fingerprint density at radius 1 is 0.857 bits per heavy atom. The maximum Gasteiger partial charge on any atom is 0.119 e. The molecule has 0 bridgehead atoms. The van der Waals surface area contributed by atoms with Gasteiger partial charge in [-0.1, -0.05) is 49.4 Å². The van der Waals surface area contributed by atoms with Crippen LogP contribution in [0.25, 0.3) is 22.3 Å². The number of methoxy groups -OCH3 is 1. The van der Waals surface area contributed by atoms with Gasteiger partial charge in [0, 0.05) is 10.6 Å². The summed E-state index contributed by atoms with van der Waals surface area (Å²) in [5, 5.41) is 0. The van der Waals surface area contributed by atoms with Crippen molar-refractivity contribution in [3.63, 3.8) is 0 Å². The van der Waals surface area contributed by atoms with Crippen molar-refractivity contribution in [2.45, 2.75) is 25.7 Å². The largest absolute Gasteiger partial charge is 0.497 e. The minimum atomic E-state index is 0.498. The number of allylic oxidation sites excluding steroid dienone is 1. The van der Waals surface area contributed by atoms with Gasteiger partial charge in [-0.2, -0.15) is 0 Å². The van der Waals surface area contributed by atoms with E-state index in [9.17, 15) is 0 Å². The van der Waals surface area contributed by atoms with Crippen molar-refractivity contribution < 1.29 is 4.74 Å². The average molecular weight is 385 g/mol. The molecule has 1 unspecified atom stereocenters. The third-order valence-electron chi connectivity index (χ3n) is 6.05. The summed E-state index contributed by atoms with van der Waals surface area (Å²) in [7, 11) is 1.75. The first-order valence-electron chi connectivity index (χ1n) is 9.86. The van der Waals surface area contributed by atoms with Crippen LogP contribution in [0.1, 0.15) is 34.7 Å². The van der Waals surface area contributed by atoms with E-state index in [4.69, 9.17) is 4.74 Å². The van der Waals surface area contributed by atoms with Crippen LogP contribution < -0.4 is 4.74 Å². The Labute approximate surface area is 171 Å². The van der Waals surface area contributed by atoms with Crippen LogP contribution in [0.2, 0.25) is 0 Å². The Morgan fingerprint density at radius 3 is 2.36 bits per heavy atom. The zero-order chi connectivity index (χ0) is 19.4. The van der Waals surface area contributed by atoms with Gasteiger partial charge in [0.15, 0.2) is 0 Å². The molecule has 1 heterocycles. The first-order valence-corrected chi connectivity index (χ1v) is 10.8. The fourth-order valence-electron chi connectivity index (χ4n) is 4.68. The molecule has 140 valence electrons. The molecular weight excluding hydrogens is 360 g/mol. The molecule has 0 aromatic heterocycles. The molecule has 0 saturated carbocycles. The maximum absolute atomic E-state index is 5.59. The molecule has 2 heteroatoms. The van der Waals surface area contributed by atoms with Gasteiger partial charge in [-0.15, -0.1) is 11.8 Å². The zero-order valence-electron chi connectivity index (χ0n) is 16.8. The standard InChI is InChI=1S/C26H24OS/c1-15-9-10-16(2)26-24(15)23(17(3)14-28-26)25-21-8-6-5-7-19(21)20-12-11-18(27-4)13-22(20)25/h5-13,17H,14H2,1-4H3/b25-23+. The van der Waals surface area contributed by atoms with Crippen molar-refractivity contribution in [1.82, 2.24) is 0 Å². The zero-order valence-corrected chi connectivity index (χ0v) is 17.6. The molecule has 0 radical (unpaired) electrons. The van der Waals surface area contributed by atoms with Crippen LogP contribution >= 0.6 is 11.8 Å². The summed E-state index contributed by atoms with van der Waals surface area (Å²) >= 11 is 2.01. The molecule has 28 heavy (non-hydrogen) atoms. The van der Waals surface area contributed by atoms with Crippen LogP contribution in [0, 0.1) is 19.8 Å². The minimum absolute atomic E-state index is 0.498. The molecule has 1 aliphatic carbocycles. The van der Waals surface area contributed by atoms with Gasteiger partial charge in [-0.25, -0.2) is 0 Å². The van der Waals surface area contributed by atoms with Gasteiger partial charge in [0.2, 0.25) is 0 Å². The number of hydrogen-bond acceptors (Lipinski definition) is 2. The third-order valence-corrected chi connectivity index (χ3v) is 7.54. The third kappa shape index (κ3) is 2.48. The molecule has 0 amide bonds. The Hall–Kier alpha value is -2.45. The van der Waals surface area contributed by atoms with Gasteiger partial charge in [0.1, 0.15) is 5.75 Å². The number of fused-ring (bicyclic) bond motifs is 4. The second-order valence-electron chi connectivity index (χ2n) is 7.86. The van der Waals surface area contributed by atoms with Crippen LogP contribution in [0.5, 0.6) is 5.75 Å². The van der Waals surface area contributed by atoms with Crippen molar-refractivity contribution in [3.05, 3.63) is 82.4 Å². The van der Waals surface area contributed by atoms with E-state index in [1.165, 1.54) is 55.0 Å². The maximum atomic E-state index is 5.59. The van der Waals surface area contributed by atoms with Gasteiger partial charge in [-0.05, 0) is 82.0 Å². The fraction of sp³-hybridized carbons (Fsp3) is 0.231. The van der Waals surface area contributed by atoms with Crippen molar-refractivity contribution in [3.8, 4) is 16.9 Å². The van der Waals surface area contributed by atoms with E-state index in [0.29, 0.717) is 5.92 Å². The highest BCUT2D eigenvalue weighted by atomic mass is 32.2. The van der Waals surface area contributed by atoms with Gasteiger partial charge < -0.3 is 4.74 Å². The van der Waals surface area contributed by atoms with Gasteiger partial charge in [0.05, 0.1) is 7.11 Å². The Morgan fingerprint density at radius 2 is 1.57 bits per heavy atom. The molecule has 1 atom stereocenters. The summed E-state index contributed by atoms with van der Waals surface area (Å²) in [6, 6.07) is 19.9. The van der Waals surface area contributed by atoms with E-state index in [-0.39, 0.29) is 0 Å². The highest BCUT2D eigenvalue weighted by Crippen LogP contribution is 2.53. The first kappa shape index (κ1) is 17.6. The monoisotopic (exact) mass is 384 g/mol. The van der Waals surface area contributed by atoms with Crippen LogP contribution in [0.4, 0.5) is 0 Å². The first-order chi connectivity index (χ1) is 13.6. The number of benzene rings is 3. The molecule has 1 nitrogen and oxygen atoms in total. The molecule has 3 aromatic rings. The number of aryl methyl sites for hydroxylation is 2. The topological polar surface area (TPSA) is 9.23 Å². The molecule has 3 aromatic carbocycles. The SMILES string of the molecule is COc1ccc2c(c1)/C(=C1/c3c(C)ccc(C)c3SCC1C)c1ccccc1-2. The van der Waals surface area contributed by atoms with E-state index in [0.717, 1.165) is 11.5 Å². The smallest absolute Gasteiger partial charge is 0.119 e. The lowest BCUT2D eigenvalue weighted by Gasteiger charge is -2.30. The minimum Gasteiger partial charge on any atom is -0.497 e. The molecule has 0 fully saturated rings. The fourth-order valence-corrected chi connectivity index (χ4v) is 5.97. The molecular formula is C26H24OS. The van der Waals surface area contributed by atoms with Crippen LogP contribution in [0.3, 0.4) is 0 Å². The Balaban J connectivity index is 1.92. The molecule has 0 spiro atoms.